The average Bonchev–Trinajstić information content (AvgIpc) is 2.46. The molecule has 2 aromatic carbocycles. The summed E-state index contributed by atoms with van der Waals surface area (Å²) < 4.78 is 4.77. The SMILES string of the molecule is COC(=O)[C@@H](C)c1ccc(-c2ccc(O)cc2)c(C)c1. The van der Waals surface area contributed by atoms with Gasteiger partial charge in [-0.05, 0) is 48.2 Å². The molecule has 3 nitrogen and oxygen atoms in total. The number of esters is 1. The zero-order valence-electron chi connectivity index (χ0n) is 11.9. The molecule has 0 aromatic heterocycles. The van der Waals surface area contributed by atoms with E-state index in [9.17, 15) is 9.90 Å². The lowest BCUT2D eigenvalue weighted by atomic mass is 9.93. The van der Waals surface area contributed by atoms with Gasteiger partial charge in [-0.2, -0.15) is 0 Å². The number of hydrogen-bond donors (Lipinski definition) is 1. The first-order valence-corrected chi connectivity index (χ1v) is 6.50. The molecule has 0 saturated carbocycles. The Morgan fingerprint density at radius 3 is 2.35 bits per heavy atom. The Morgan fingerprint density at radius 1 is 1.15 bits per heavy atom. The zero-order chi connectivity index (χ0) is 14.7. The van der Waals surface area contributed by atoms with E-state index in [0.717, 1.165) is 22.3 Å². The van der Waals surface area contributed by atoms with Gasteiger partial charge in [0, 0.05) is 0 Å². The summed E-state index contributed by atoms with van der Waals surface area (Å²) in [5, 5.41) is 9.33. The minimum absolute atomic E-state index is 0.234. The van der Waals surface area contributed by atoms with E-state index in [-0.39, 0.29) is 17.6 Å². The van der Waals surface area contributed by atoms with Crippen molar-refractivity contribution in [3.63, 3.8) is 0 Å². The summed E-state index contributed by atoms with van der Waals surface area (Å²) in [6.45, 7) is 3.84. The molecule has 1 N–H and O–H groups in total. The number of ether oxygens (including phenoxy) is 1. The first kappa shape index (κ1) is 14.1. The summed E-state index contributed by atoms with van der Waals surface area (Å²) in [4.78, 5) is 11.6. The van der Waals surface area contributed by atoms with Crippen molar-refractivity contribution in [1.29, 1.82) is 0 Å². The fourth-order valence-electron chi connectivity index (χ4n) is 2.23. The van der Waals surface area contributed by atoms with Crippen molar-refractivity contribution >= 4 is 5.97 Å². The molecule has 0 aliphatic rings. The molecule has 0 radical (unpaired) electrons. The van der Waals surface area contributed by atoms with E-state index in [1.807, 2.05) is 44.2 Å². The van der Waals surface area contributed by atoms with Crippen LogP contribution in [-0.4, -0.2) is 18.2 Å². The standard InChI is InChI=1S/C17H18O3/c1-11-10-14(12(2)17(19)20-3)6-9-16(11)13-4-7-15(18)8-5-13/h4-10,12,18H,1-3H3/t12-/m0/s1. The van der Waals surface area contributed by atoms with Crippen LogP contribution in [0.2, 0.25) is 0 Å². The van der Waals surface area contributed by atoms with Crippen LogP contribution in [0.25, 0.3) is 11.1 Å². The van der Waals surface area contributed by atoms with Gasteiger partial charge >= 0.3 is 5.97 Å². The Bertz CT molecular complexity index is 615. The molecule has 1 atom stereocenters. The zero-order valence-corrected chi connectivity index (χ0v) is 11.9. The number of rotatable bonds is 3. The quantitative estimate of drug-likeness (QED) is 0.866. The molecule has 0 fully saturated rings. The van der Waals surface area contributed by atoms with Gasteiger partial charge < -0.3 is 9.84 Å². The predicted molar refractivity (Wildman–Crippen MR) is 78.7 cm³/mol. The Morgan fingerprint density at radius 2 is 1.80 bits per heavy atom. The van der Waals surface area contributed by atoms with E-state index in [4.69, 9.17) is 4.74 Å². The van der Waals surface area contributed by atoms with Crippen molar-refractivity contribution in [3.8, 4) is 16.9 Å². The molecule has 2 rings (SSSR count). The molecule has 2 aromatic rings. The van der Waals surface area contributed by atoms with Gasteiger partial charge in [-0.15, -0.1) is 0 Å². The molecular weight excluding hydrogens is 252 g/mol. The number of phenols is 1. The van der Waals surface area contributed by atoms with E-state index in [1.165, 1.54) is 7.11 Å². The third-order valence-corrected chi connectivity index (χ3v) is 3.48. The Kier molecular flexibility index (Phi) is 4.08. The van der Waals surface area contributed by atoms with Crippen LogP contribution in [0, 0.1) is 6.92 Å². The van der Waals surface area contributed by atoms with Crippen LogP contribution in [-0.2, 0) is 9.53 Å². The van der Waals surface area contributed by atoms with Crippen LogP contribution in [0.15, 0.2) is 42.5 Å². The molecule has 20 heavy (non-hydrogen) atoms. The lowest BCUT2D eigenvalue weighted by Gasteiger charge is -2.13. The number of carbonyl (C=O) groups excluding carboxylic acids is 1. The van der Waals surface area contributed by atoms with E-state index >= 15 is 0 Å². The van der Waals surface area contributed by atoms with Gasteiger partial charge in [-0.25, -0.2) is 0 Å². The molecule has 104 valence electrons. The summed E-state index contributed by atoms with van der Waals surface area (Å²) >= 11 is 0. The summed E-state index contributed by atoms with van der Waals surface area (Å²) in [5.41, 5.74) is 4.16. The number of aryl methyl sites for hydroxylation is 1. The van der Waals surface area contributed by atoms with Crippen molar-refractivity contribution in [3.05, 3.63) is 53.6 Å². The van der Waals surface area contributed by atoms with E-state index in [0.29, 0.717) is 0 Å². The van der Waals surface area contributed by atoms with Gasteiger partial charge in [-0.3, -0.25) is 4.79 Å². The molecule has 0 unspecified atom stereocenters. The van der Waals surface area contributed by atoms with Crippen molar-refractivity contribution in [2.45, 2.75) is 19.8 Å². The first-order chi connectivity index (χ1) is 9.52. The third-order valence-electron chi connectivity index (χ3n) is 3.48. The first-order valence-electron chi connectivity index (χ1n) is 6.50. The van der Waals surface area contributed by atoms with Gasteiger partial charge in [-0.1, -0.05) is 30.3 Å². The lowest BCUT2D eigenvalue weighted by molar-refractivity contribution is -0.141. The minimum atomic E-state index is -0.271. The number of carbonyl (C=O) groups is 1. The lowest BCUT2D eigenvalue weighted by Crippen LogP contribution is -2.10. The normalized spacial score (nSPS) is 11.9. The van der Waals surface area contributed by atoms with Crippen LogP contribution in [0.5, 0.6) is 5.75 Å². The topological polar surface area (TPSA) is 46.5 Å². The second-order valence-electron chi connectivity index (χ2n) is 4.87. The molecule has 3 heteroatoms. The highest BCUT2D eigenvalue weighted by Gasteiger charge is 2.16. The van der Waals surface area contributed by atoms with Crippen LogP contribution >= 0.6 is 0 Å². The van der Waals surface area contributed by atoms with Crippen LogP contribution in [0.1, 0.15) is 24.0 Å². The van der Waals surface area contributed by atoms with E-state index in [1.54, 1.807) is 12.1 Å². The number of methoxy groups -OCH3 is 1. The van der Waals surface area contributed by atoms with Gasteiger partial charge in [0.2, 0.25) is 0 Å². The highest BCUT2D eigenvalue weighted by Crippen LogP contribution is 2.28. The molecule has 0 heterocycles. The maximum atomic E-state index is 11.6. The fourth-order valence-corrected chi connectivity index (χ4v) is 2.23. The fraction of sp³-hybridized carbons (Fsp3) is 0.235. The molecule has 0 bridgehead atoms. The van der Waals surface area contributed by atoms with Gasteiger partial charge in [0.25, 0.3) is 0 Å². The predicted octanol–water partition coefficient (Wildman–Crippen LogP) is 3.64. The number of hydrogen-bond acceptors (Lipinski definition) is 3. The average molecular weight is 270 g/mol. The number of aromatic hydroxyl groups is 1. The summed E-state index contributed by atoms with van der Waals surface area (Å²) in [7, 11) is 1.40. The van der Waals surface area contributed by atoms with Gasteiger partial charge in [0.05, 0.1) is 13.0 Å². The Balaban J connectivity index is 2.35. The molecule has 0 aliphatic heterocycles. The Labute approximate surface area is 118 Å². The van der Waals surface area contributed by atoms with E-state index < -0.39 is 0 Å². The highest BCUT2D eigenvalue weighted by molar-refractivity contribution is 5.78. The number of benzene rings is 2. The second kappa shape index (κ2) is 5.78. The molecule has 0 spiro atoms. The summed E-state index contributed by atoms with van der Waals surface area (Å²) in [6.07, 6.45) is 0. The summed E-state index contributed by atoms with van der Waals surface area (Å²) in [6, 6.07) is 13.0. The Hall–Kier alpha value is -2.29. The second-order valence-corrected chi connectivity index (χ2v) is 4.87. The molecule has 0 amide bonds. The number of phenolic OH excluding ortho intramolecular Hbond substituents is 1. The largest absolute Gasteiger partial charge is 0.508 e. The van der Waals surface area contributed by atoms with Gasteiger partial charge in [0.1, 0.15) is 5.75 Å². The maximum Gasteiger partial charge on any atom is 0.312 e. The molecular formula is C17H18O3. The smallest absolute Gasteiger partial charge is 0.312 e. The van der Waals surface area contributed by atoms with Crippen LogP contribution in [0.4, 0.5) is 0 Å². The van der Waals surface area contributed by atoms with Crippen LogP contribution in [0.3, 0.4) is 0 Å². The van der Waals surface area contributed by atoms with Crippen molar-refractivity contribution in [1.82, 2.24) is 0 Å². The monoisotopic (exact) mass is 270 g/mol. The van der Waals surface area contributed by atoms with Crippen molar-refractivity contribution in [2.24, 2.45) is 0 Å². The summed E-state index contributed by atoms with van der Waals surface area (Å²) in [5.74, 6) is -0.253. The third kappa shape index (κ3) is 2.82. The maximum absolute atomic E-state index is 11.6. The molecule has 0 saturated heterocycles. The van der Waals surface area contributed by atoms with Crippen molar-refractivity contribution in [2.75, 3.05) is 7.11 Å². The highest BCUT2D eigenvalue weighted by atomic mass is 16.5. The van der Waals surface area contributed by atoms with E-state index in [2.05, 4.69) is 0 Å². The molecule has 0 aliphatic carbocycles. The minimum Gasteiger partial charge on any atom is -0.508 e. The van der Waals surface area contributed by atoms with Gasteiger partial charge in [0.15, 0.2) is 0 Å². The van der Waals surface area contributed by atoms with Crippen molar-refractivity contribution < 1.29 is 14.6 Å². The van der Waals surface area contributed by atoms with Crippen LogP contribution < -0.4 is 0 Å².